The summed E-state index contributed by atoms with van der Waals surface area (Å²) in [6.07, 6.45) is 3.28. The molecule has 0 bridgehead atoms. The van der Waals surface area contributed by atoms with Gasteiger partial charge in [0.25, 0.3) is 0 Å². The lowest BCUT2D eigenvalue weighted by Crippen LogP contribution is -2.09. The van der Waals surface area contributed by atoms with Gasteiger partial charge >= 0.3 is 0 Å². The Bertz CT molecular complexity index is 573. The first kappa shape index (κ1) is 12.4. The molecule has 0 spiro atoms. The number of nitrogen functional groups attached to an aromatic ring is 1. The van der Waals surface area contributed by atoms with Gasteiger partial charge in [-0.15, -0.1) is 0 Å². The first-order valence-electron chi connectivity index (χ1n) is 5.52. The second-order valence-electron chi connectivity index (χ2n) is 3.97. The molecule has 3 N–H and O–H groups in total. The molecule has 0 radical (unpaired) electrons. The number of aryl methyl sites for hydroxylation is 1. The normalized spacial score (nSPS) is 10.7. The van der Waals surface area contributed by atoms with Crippen LogP contribution in [0.25, 0.3) is 6.08 Å². The van der Waals surface area contributed by atoms with Crippen LogP contribution in [0, 0.1) is 6.92 Å². The van der Waals surface area contributed by atoms with E-state index in [9.17, 15) is 4.79 Å². The summed E-state index contributed by atoms with van der Waals surface area (Å²) in [4.78, 5) is 11.7. The standard InChI is InChI=1S/C14H14N2OS/c1-10-2-4-12(15)13(8-10)16-14(17)5-3-11-6-7-18-9-11/h2-9H,15H2,1H3,(H,16,17)/b5-3+. The molecule has 0 fully saturated rings. The monoisotopic (exact) mass is 258 g/mol. The number of benzene rings is 1. The molecule has 0 atom stereocenters. The molecular weight excluding hydrogens is 244 g/mol. The van der Waals surface area contributed by atoms with E-state index >= 15 is 0 Å². The Morgan fingerprint density at radius 3 is 2.94 bits per heavy atom. The zero-order valence-electron chi connectivity index (χ0n) is 10.0. The number of thiophene rings is 1. The maximum atomic E-state index is 11.7. The molecule has 4 heteroatoms. The molecule has 0 saturated carbocycles. The number of amides is 1. The third kappa shape index (κ3) is 3.21. The van der Waals surface area contributed by atoms with Gasteiger partial charge in [-0.3, -0.25) is 4.79 Å². The first-order chi connectivity index (χ1) is 8.65. The molecule has 1 amide bonds. The second-order valence-corrected chi connectivity index (χ2v) is 4.75. The van der Waals surface area contributed by atoms with Crippen LogP contribution in [0.5, 0.6) is 0 Å². The summed E-state index contributed by atoms with van der Waals surface area (Å²) in [5.41, 5.74) is 9.08. The van der Waals surface area contributed by atoms with Crippen molar-refractivity contribution in [2.45, 2.75) is 6.92 Å². The van der Waals surface area contributed by atoms with Gasteiger partial charge in [0.2, 0.25) is 5.91 Å². The van der Waals surface area contributed by atoms with Gasteiger partial charge in [0, 0.05) is 6.08 Å². The highest BCUT2D eigenvalue weighted by Crippen LogP contribution is 2.19. The van der Waals surface area contributed by atoms with Crippen LogP contribution in [0.1, 0.15) is 11.1 Å². The molecular formula is C14H14N2OS. The minimum absolute atomic E-state index is 0.182. The molecule has 1 heterocycles. The fourth-order valence-electron chi connectivity index (χ4n) is 1.49. The number of nitrogens with one attached hydrogen (secondary N) is 1. The number of hydrogen-bond acceptors (Lipinski definition) is 3. The largest absolute Gasteiger partial charge is 0.397 e. The summed E-state index contributed by atoms with van der Waals surface area (Å²) in [6.45, 7) is 1.95. The fourth-order valence-corrected chi connectivity index (χ4v) is 2.12. The van der Waals surface area contributed by atoms with Crippen molar-refractivity contribution < 1.29 is 4.79 Å². The molecule has 2 aromatic rings. The van der Waals surface area contributed by atoms with Crippen molar-refractivity contribution in [2.75, 3.05) is 11.1 Å². The third-order valence-electron chi connectivity index (χ3n) is 2.44. The average Bonchev–Trinajstić information content (AvgIpc) is 2.84. The van der Waals surface area contributed by atoms with Crippen LogP contribution < -0.4 is 11.1 Å². The van der Waals surface area contributed by atoms with E-state index in [4.69, 9.17) is 5.73 Å². The zero-order chi connectivity index (χ0) is 13.0. The number of anilines is 2. The van der Waals surface area contributed by atoms with Gasteiger partial charge < -0.3 is 11.1 Å². The lowest BCUT2D eigenvalue weighted by Gasteiger charge is -2.06. The molecule has 0 aliphatic heterocycles. The molecule has 3 nitrogen and oxygen atoms in total. The zero-order valence-corrected chi connectivity index (χ0v) is 10.8. The Morgan fingerprint density at radius 1 is 1.39 bits per heavy atom. The van der Waals surface area contributed by atoms with Crippen molar-refractivity contribution in [3.8, 4) is 0 Å². The van der Waals surface area contributed by atoms with Crippen LogP contribution in [-0.2, 0) is 4.79 Å². The van der Waals surface area contributed by atoms with E-state index in [1.807, 2.05) is 35.9 Å². The van der Waals surface area contributed by atoms with Crippen molar-refractivity contribution in [1.29, 1.82) is 0 Å². The Hall–Kier alpha value is -2.07. The van der Waals surface area contributed by atoms with Gasteiger partial charge in [0.1, 0.15) is 0 Å². The Balaban J connectivity index is 2.05. The van der Waals surface area contributed by atoms with Gasteiger partial charge in [-0.1, -0.05) is 6.07 Å². The van der Waals surface area contributed by atoms with E-state index in [1.165, 1.54) is 6.08 Å². The number of nitrogens with two attached hydrogens (primary N) is 1. The van der Waals surface area contributed by atoms with Gasteiger partial charge in [-0.2, -0.15) is 11.3 Å². The van der Waals surface area contributed by atoms with Crippen LogP contribution in [0.15, 0.2) is 41.1 Å². The van der Waals surface area contributed by atoms with Crippen LogP contribution in [0.3, 0.4) is 0 Å². The maximum Gasteiger partial charge on any atom is 0.248 e. The molecule has 0 aliphatic rings. The van der Waals surface area contributed by atoms with Crippen molar-refractivity contribution >= 4 is 34.7 Å². The number of carbonyl (C=O) groups is 1. The van der Waals surface area contributed by atoms with Crippen LogP contribution in [0.4, 0.5) is 11.4 Å². The Kier molecular flexibility index (Phi) is 3.79. The lowest BCUT2D eigenvalue weighted by atomic mass is 10.2. The fraction of sp³-hybridized carbons (Fsp3) is 0.0714. The predicted octanol–water partition coefficient (Wildman–Crippen LogP) is 3.29. The molecule has 0 saturated heterocycles. The second kappa shape index (κ2) is 5.51. The van der Waals surface area contributed by atoms with Gasteiger partial charge in [-0.25, -0.2) is 0 Å². The topological polar surface area (TPSA) is 55.1 Å². The third-order valence-corrected chi connectivity index (χ3v) is 3.14. The summed E-state index contributed by atoms with van der Waals surface area (Å²) in [5, 5.41) is 6.71. The lowest BCUT2D eigenvalue weighted by molar-refractivity contribution is -0.111. The number of carbonyl (C=O) groups excluding carboxylic acids is 1. The molecule has 92 valence electrons. The quantitative estimate of drug-likeness (QED) is 0.655. The van der Waals surface area contributed by atoms with Gasteiger partial charge in [0.05, 0.1) is 11.4 Å². The van der Waals surface area contributed by atoms with Crippen molar-refractivity contribution in [3.05, 3.63) is 52.2 Å². The van der Waals surface area contributed by atoms with Gasteiger partial charge in [-0.05, 0) is 53.1 Å². The molecule has 0 unspecified atom stereocenters. The molecule has 18 heavy (non-hydrogen) atoms. The van der Waals surface area contributed by atoms with E-state index in [-0.39, 0.29) is 5.91 Å². The number of hydrogen-bond donors (Lipinski definition) is 2. The minimum Gasteiger partial charge on any atom is -0.397 e. The molecule has 2 rings (SSSR count). The first-order valence-corrected chi connectivity index (χ1v) is 6.47. The molecule has 0 aliphatic carbocycles. The van der Waals surface area contributed by atoms with Crippen LogP contribution in [-0.4, -0.2) is 5.91 Å². The van der Waals surface area contributed by atoms with Crippen LogP contribution in [0.2, 0.25) is 0 Å². The Morgan fingerprint density at radius 2 is 2.22 bits per heavy atom. The summed E-state index contributed by atoms with van der Waals surface area (Å²) < 4.78 is 0. The van der Waals surface area contributed by atoms with E-state index in [1.54, 1.807) is 23.5 Å². The minimum atomic E-state index is -0.182. The summed E-state index contributed by atoms with van der Waals surface area (Å²) in [6, 6.07) is 7.50. The molecule has 1 aromatic heterocycles. The average molecular weight is 258 g/mol. The van der Waals surface area contributed by atoms with Crippen LogP contribution >= 0.6 is 11.3 Å². The van der Waals surface area contributed by atoms with E-state index in [0.29, 0.717) is 11.4 Å². The highest BCUT2D eigenvalue weighted by Gasteiger charge is 2.02. The SMILES string of the molecule is Cc1ccc(N)c(NC(=O)/C=C/c2ccsc2)c1. The Labute approximate surface area is 110 Å². The highest BCUT2D eigenvalue weighted by molar-refractivity contribution is 7.08. The van der Waals surface area contributed by atoms with Gasteiger partial charge in [0.15, 0.2) is 0 Å². The summed E-state index contributed by atoms with van der Waals surface area (Å²) >= 11 is 1.60. The smallest absolute Gasteiger partial charge is 0.248 e. The predicted molar refractivity (Wildman–Crippen MR) is 77.6 cm³/mol. The van der Waals surface area contributed by atoms with E-state index in [2.05, 4.69) is 5.32 Å². The van der Waals surface area contributed by atoms with Crippen molar-refractivity contribution in [1.82, 2.24) is 0 Å². The summed E-state index contributed by atoms with van der Waals surface area (Å²) in [5.74, 6) is -0.182. The summed E-state index contributed by atoms with van der Waals surface area (Å²) in [7, 11) is 0. The van der Waals surface area contributed by atoms with E-state index in [0.717, 1.165) is 11.1 Å². The maximum absolute atomic E-state index is 11.7. The van der Waals surface area contributed by atoms with Crippen molar-refractivity contribution in [3.63, 3.8) is 0 Å². The van der Waals surface area contributed by atoms with Crippen molar-refractivity contribution in [2.24, 2.45) is 0 Å². The molecule has 1 aromatic carbocycles. The highest BCUT2D eigenvalue weighted by atomic mass is 32.1. The van der Waals surface area contributed by atoms with E-state index < -0.39 is 0 Å². The number of rotatable bonds is 3.